The van der Waals surface area contributed by atoms with Crippen LogP contribution in [0.1, 0.15) is 12.1 Å². The Kier molecular flexibility index (Phi) is 2.24. The van der Waals surface area contributed by atoms with E-state index < -0.39 is 11.9 Å². The van der Waals surface area contributed by atoms with Crippen LogP contribution in [0.4, 0.5) is 19.0 Å². The molecule has 18 heavy (non-hydrogen) atoms. The fraction of sp³-hybridized carbons (Fsp3) is 0.400. The lowest BCUT2D eigenvalue weighted by Crippen LogP contribution is -2.14. The van der Waals surface area contributed by atoms with Crippen molar-refractivity contribution < 1.29 is 13.2 Å². The number of hydrogen-bond acceptors (Lipinski definition) is 4. The summed E-state index contributed by atoms with van der Waals surface area (Å²) in [6.07, 6.45) is -0.888. The maximum Gasteiger partial charge on any atom is 0.435 e. The standard InChI is InChI=1S/C10H10F3N5/c11-10(12,13)8-4-7-9(16-6-3-5(6)14)15-1-2-18(7)17-8/h1-2,4-6H,3,14H2,(H,15,16). The van der Waals surface area contributed by atoms with E-state index in [9.17, 15) is 13.2 Å². The van der Waals surface area contributed by atoms with Gasteiger partial charge in [0.15, 0.2) is 11.5 Å². The second kappa shape index (κ2) is 3.58. The van der Waals surface area contributed by atoms with E-state index in [0.717, 1.165) is 17.0 Å². The first-order chi connectivity index (χ1) is 8.45. The number of fused-ring (bicyclic) bond motifs is 1. The number of hydrogen-bond donors (Lipinski definition) is 2. The van der Waals surface area contributed by atoms with Crippen LogP contribution < -0.4 is 11.1 Å². The van der Waals surface area contributed by atoms with Crippen LogP contribution in [0, 0.1) is 0 Å². The van der Waals surface area contributed by atoms with E-state index in [1.165, 1.54) is 12.4 Å². The molecule has 1 fully saturated rings. The maximum atomic E-state index is 12.6. The first-order valence-electron chi connectivity index (χ1n) is 5.39. The highest BCUT2D eigenvalue weighted by molar-refractivity contribution is 5.68. The summed E-state index contributed by atoms with van der Waals surface area (Å²) in [6, 6.07) is 1.09. The van der Waals surface area contributed by atoms with Gasteiger partial charge in [-0.3, -0.25) is 0 Å². The Bertz CT molecular complexity index is 591. The molecule has 2 aromatic heterocycles. The van der Waals surface area contributed by atoms with E-state index in [2.05, 4.69) is 15.4 Å². The Morgan fingerprint density at radius 3 is 2.78 bits per heavy atom. The SMILES string of the molecule is NC1CC1Nc1nccn2nc(C(F)(F)F)cc12. The van der Waals surface area contributed by atoms with E-state index in [-0.39, 0.29) is 12.1 Å². The molecule has 5 nitrogen and oxygen atoms in total. The Morgan fingerprint density at radius 1 is 1.44 bits per heavy atom. The van der Waals surface area contributed by atoms with Gasteiger partial charge < -0.3 is 11.1 Å². The Balaban J connectivity index is 2.01. The van der Waals surface area contributed by atoms with Gasteiger partial charge in [-0.05, 0) is 6.42 Å². The summed E-state index contributed by atoms with van der Waals surface area (Å²) in [5.74, 6) is 0.374. The molecule has 0 bridgehead atoms. The van der Waals surface area contributed by atoms with E-state index >= 15 is 0 Å². The molecule has 8 heteroatoms. The first-order valence-corrected chi connectivity index (χ1v) is 5.39. The third-order valence-corrected chi connectivity index (χ3v) is 2.84. The van der Waals surface area contributed by atoms with Gasteiger partial charge in [-0.15, -0.1) is 0 Å². The predicted octanol–water partition coefficient (Wildman–Crippen LogP) is 1.26. The van der Waals surface area contributed by atoms with Crippen LogP contribution >= 0.6 is 0 Å². The second-order valence-corrected chi connectivity index (χ2v) is 4.28. The van der Waals surface area contributed by atoms with Gasteiger partial charge in [-0.25, -0.2) is 9.50 Å². The largest absolute Gasteiger partial charge is 0.435 e. The van der Waals surface area contributed by atoms with Gasteiger partial charge in [0.05, 0.1) is 0 Å². The van der Waals surface area contributed by atoms with Crippen molar-refractivity contribution in [1.29, 1.82) is 0 Å². The smallest absolute Gasteiger partial charge is 0.364 e. The third-order valence-electron chi connectivity index (χ3n) is 2.84. The molecule has 0 aromatic carbocycles. The number of alkyl halides is 3. The third kappa shape index (κ3) is 1.88. The van der Waals surface area contributed by atoms with Gasteiger partial charge >= 0.3 is 6.18 Å². The summed E-state index contributed by atoms with van der Waals surface area (Å²) < 4.78 is 38.8. The van der Waals surface area contributed by atoms with Crippen molar-refractivity contribution in [2.45, 2.75) is 24.7 Å². The van der Waals surface area contributed by atoms with Crippen molar-refractivity contribution in [3.8, 4) is 0 Å². The van der Waals surface area contributed by atoms with E-state index in [0.29, 0.717) is 11.3 Å². The number of halogens is 3. The highest BCUT2D eigenvalue weighted by Crippen LogP contribution is 2.31. The molecule has 3 rings (SSSR count). The fourth-order valence-electron chi connectivity index (χ4n) is 1.73. The Hall–Kier alpha value is -1.83. The van der Waals surface area contributed by atoms with Crippen molar-refractivity contribution in [1.82, 2.24) is 14.6 Å². The summed E-state index contributed by atoms with van der Waals surface area (Å²) >= 11 is 0. The van der Waals surface area contributed by atoms with Crippen molar-refractivity contribution >= 4 is 11.3 Å². The quantitative estimate of drug-likeness (QED) is 0.849. The summed E-state index contributed by atoms with van der Waals surface area (Å²) in [6.45, 7) is 0. The number of nitrogens with one attached hydrogen (secondary N) is 1. The predicted molar refractivity (Wildman–Crippen MR) is 58.0 cm³/mol. The molecule has 0 amide bonds. The molecule has 2 atom stereocenters. The Morgan fingerprint density at radius 2 is 2.17 bits per heavy atom. The van der Waals surface area contributed by atoms with Crippen LogP contribution in [-0.2, 0) is 6.18 Å². The molecule has 1 saturated carbocycles. The normalized spacial score (nSPS) is 23.3. The van der Waals surface area contributed by atoms with E-state index in [4.69, 9.17) is 5.73 Å². The molecule has 3 N–H and O–H groups in total. The van der Waals surface area contributed by atoms with Gasteiger partial charge in [-0.2, -0.15) is 18.3 Å². The van der Waals surface area contributed by atoms with Gasteiger partial charge in [0.1, 0.15) is 5.52 Å². The average Bonchev–Trinajstić information content (AvgIpc) is 2.78. The zero-order valence-corrected chi connectivity index (χ0v) is 9.15. The second-order valence-electron chi connectivity index (χ2n) is 4.28. The minimum Gasteiger partial charge on any atom is -0.364 e. The number of rotatable bonds is 2. The summed E-state index contributed by atoms with van der Waals surface area (Å²) in [7, 11) is 0. The van der Waals surface area contributed by atoms with Crippen LogP contribution in [0.15, 0.2) is 18.5 Å². The highest BCUT2D eigenvalue weighted by Gasteiger charge is 2.36. The minimum atomic E-state index is -4.46. The van der Waals surface area contributed by atoms with Crippen molar-refractivity contribution in [3.63, 3.8) is 0 Å². The molecule has 0 radical (unpaired) electrons. The van der Waals surface area contributed by atoms with Crippen LogP contribution in [0.3, 0.4) is 0 Å². The summed E-state index contributed by atoms with van der Waals surface area (Å²) in [4.78, 5) is 4.02. The van der Waals surface area contributed by atoms with Crippen LogP contribution in [-0.4, -0.2) is 26.7 Å². The number of anilines is 1. The summed E-state index contributed by atoms with van der Waals surface area (Å²) in [5, 5.41) is 6.48. The number of nitrogens with zero attached hydrogens (tertiary/aromatic N) is 3. The molecule has 1 aliphatic rings. The van der Waals surface area contributed by atoms with Crippen LogP contribution in [0.25, 0.3) is 5.52 Å². The van der Waals surface area contributed by atoms with Gasteiger partial charge in [0.25, 0.3) is 0 Å². The lowest BCUT2D eigenvalue weighted by atomic mass is 10.3. The molecule has 2 aromatic rings. The molecule has 1 aliphatic carbocycles. The first kappa shape index (κ1) is 11.3. The zero-order chi connectivity index (χ0) is 12.9. The molecular formula is C10H10F3N5. The average molecular weight is 257 g/mol. The Labute approximate surface area is 99.8 Å². The van der Waals surface area contributed by atoms with E-state index in [1.54, 1.807) is 0 Å². The van der Waals surface area contributed by atoms with Crippen molar-refractivity contribution in [3.05, 3.63) is 24.2 Å². The zero-order valence-electron chi connectivity index (χ0n) is 9.15. The lowest BCUT2D eigenvalue weighted by Gasteiger charge is -2.04. The molecule has 96 valence electrons. The van der Waals surface area contributed by atoms with Crippen molar-refractivity contribution in [2.24, 2.45) is 5.73 Å². The monoisotopic (exact) mass is 257 g/mol. The molecule has 0 aliphatic heterocycles. The maximum absolute atomic E-state index is 12.6. The van der Waals surface area contributed by atoms with Gasteiger partial charge in [0, 0.05) is 30.5 Å². The van der Waals surface area contributed by atoms with E-state index in [1.807, 2.05) is 0 Å². The minimum absolute atomic E-state index is 0.0389. The molecule has 0 saturated heterocycles. The van der Waals surface area contributed by atoms with Gasteiger partial charge in [-0.1, -0.05) is 0 Å². The highest BCUT2D eigenvalue weighted by atomic mass is 19.4. The van der Waals surface area contributed by atoms with Crippen LogP contribution in [0.5, 0.6) is 0 Å². The summed E-state index contributed by atoms with van der Waals surface area (Å²) in [5.41, 5.74) is 5.00. The molecule has 0 spiro atoms. The number of nitrogens with two attached hydrogens (primary N) is 1. The van der Waals surface area contributed by atoms with Crippen LogP contribution in [0.2, 0.25) is 0 Å². The molecule has 2 heterocycles. The molecule has 2 unspecified atom stereocenters. The van der Waals surface area contributed by atoms with Crippen molar-refractivity contribution in [2.75, 3.05) is 5.32 Å². The lowest BCUT2D eigenvalue weighted by molar-refractivity contribution is -0.141. The molecular weight excluding hydrogens is 247 g/mol. The fourth-order valence-corrected chi connectivity index (χ4v) is 1.73. The van der Waals surface area contributed by atoms with Gasteiger partial charge in [0.2, 0.25) is 0 Å². The topological polar surface area (TPSA) is 68.2 Å². The number of aromatic nitrogens is 3.